The summed E-state index contributed by atoms with van der Waals surface area (Å²) in [5.74, 6) is 1.23. The van der Waals surface area contributed by atoms with Gasteiger partial charge in [-0.05, 0) is 183 Å². The van der Waals surface area contributed by atoms with Crippen molar-refractivity contribution in [2.45, 2.75) is 19.3 Å². The molecular weight excluding hydrogens is 941 g/mol. The summed E-state index contributed by atoms with van der Waals surface area (Å²) < 4.78 is 12.3. The van der Waals surface area contributed by atoms with Crippen molar-refractivity contribution >= 4 is 56.3 Å². The van der Waals surface area contributed by atoms with Gasteiger partial charge < -0.3 is 18.6 Å². The van der Waals surface area contributed by atoms with E-state index in [1.807, 2.05) is 48.5 Å². The SMILES string of the molecule is CC1(C)c2cc(-c3ccc(N(c4ccccc4)c4cccc(-c5cccc(-c6nc7ccccc7o6)c5)c4)cc3)ccc2-c2ccc(N(c3ccccc3)c3cccc(-c4cccc(-c5nc6ccccc6o5)c4)c3)cc21. The molecule has 0 unspecified atom stereocenters. The Morgan fingerprint density at radius 2 is 0.649 bits per heavy atom. The molecule has 0 amide bonds. The van der Waals surface area contributed by atoms with Gasteiger partial charge in [0.15, 0.2) is 11.2 Å². The summed E-state index contributed by atoms with van der Waals surface area (Å²) in [6.07, 6.45) is 0. The van der Waals surface area contributed by atoms with Crippen LogP contribution < -0.4 is 9.80 Å². The van der Waals surface area contributed by atoms with Crippen molar-refractivity contribution in [3.8, 4) is 67.4 Å². The van der Waals surface area contributed by atoms with Crippen LogP contribution in [-0.4, -0.2) is 9.97 Å². The van der Waals surface area contributed by atoms with Gasteiger partial charge in [-0.1, -0.05) is 153 Å². The van der Waals surface area contributed by atoms with Gasteiger partial charge in [-0.2, -0.15) is 0 Å². The quantitative estimate of drug-likeness (QED) is 0.129. The van der Waals surface area contributed by atoms with Crippen LogP contribution in [0.15, 0.2) is 276 Å². The Morgan fingerprint density at radius 1 is 0.286 bits per heavy atom. The predicted molar refractivity (Wildman–Crippen MR) is 316 cm³/mol. The molecule has 0 saturated carbocycles. The zero-order valence-corrected chi connectivity index (χ0v) is 42.5. The Kier molecular flexibility index (Phi) is 11.1. The molecule has 1 aliphatic carbocycles. The molecule has 0 aliphatic heterocycles. The molecule has 0 fully saturated rings. The highest BCUT2D eigenvalue weighted by Gasteiger charge is 2.36. The van der Waals surface area contributed by atoms with Crippen LogP contribution in [0, 0.1) is 0 Å². The van der Waals surface area contributed by atoms with Gasteiger partial charge in [0.05, 0.1) is 0 Å². The number of fused-ring (bicyclic) bond motifs is 5. The summed E-state index contributed by atoms with van der Waals surface area (Å²) in [6, 6.07) is 94.4. The van der Waals surface area contributed by atoms with Gasteiger partial charge in [0.2, 0.25) is 11.8 Å². The second-order valence-electron chi connectivity index (χ2n) is 20.2. The number of rotatable bonds is 11. The summed E-state index contributed by atoms with van der Waals surface area (Å²) in [7, 11) is 0. The first kappa shape index (κ1) is 45.6. The second-order valence-corrected chi connectivity index (χ2v) is 20.2. The minimum Gasteiger partial charge on any atom is -0.436 e. The molecule has 0 saturated heterocycles. The Bertz CT molecular complexity index is 4260. The van der Waals surface area contributed by atoms with Gasteiger partial charge in [0.1, 0.15) is 11.0 Å². The number of oxazole rings is 2. The number of benzene rings is 11. The summed E-state index contributed by atoms with van der Waals surface area (Å²) in [5.41, 5.74) is 23.3. The molecule has 0 radical (unpaired) electrons. The average molecular weight is 991 g/mol. The lowest BCUT2D eigenvalue weighted by Crippen LogP contribution is -2.16. The lowest BCUT2D eigenvalue weighted by Gasteiger charge is -2.28. The average Bonchev–Trinajstić information content (AvgIpc) is 4.33. The third kappa shape index (κ3) is 8.33. The molecule has 2 heterocycles. The van der Waals surface area contributed by atoms with Crippen molar-refractivity contribution in [1.29, 1.82) is 0 Å². The third-order valence-corrected chi connectivity index (χ3v) is 15.1. The molecule has 13 aromatic rings. The third-order valence-electron chi connectivity index (χ3n) is 15.1. The maximum Gasteiger partial charge on any atom is 0.227 e. The van der Waals surface area contributed by atoms with Crippen molar-refractivity contribution < 1.29 is 8.83 Å². The van der Waals surface area contributed by atoms with Crippen molar-refractivity contribution in [3.63, 3.8) is 0 Å². The summed E-state index contributed by atoms with van der Waals surface area (Å²) >= 11 is 0. The van der Waals surface area contributed by atoms with E-state index in [0.717, 1.165) is 95.3 Å². The van der Waals surface area contributed by atoms with Crippen molar-refractivity contribution in [3.05, 3.63) is 278 Å². The van der Waals surface area contributed by atoms with Crippen LogP contribution >= 0.6 is 0 Å². The lowest BCUT2D eigenvalue weighted by atomic mass is 9.81. The Hall–Kier alpha value is -10.0. The predicted octanol–water partition coefficient (Wildman–Crippen LogP) is 19.5. The molecule has 1 aliphatic rings. The fourth-order valence-electron chi connectivity index (χ4n) is 11.2. The molecule has 0 spiro atoms. The van der Waals surface area contributed by atoms with Gasteiger partial charge in [0.25, 0.3) is 0 Å². The molecule has 11 aromatic carbocycles. The van der Waals surface area contributed by atoms with Gasteiger partial charge in [-0.3, -0.25) is 0 Å². The largest absolute Gasteiger partial charge is 0.436 e. The maximum absolute atomic E-state index is 6.17. The van der Waals surface area contributed by atoms with Crippen molar-refractivity contribution in [2.75, 3.05) is 9.80 Å². The number of hydrogen-bond donors (Lipinski definition) is 0. The molecule has 77 heavy (non-hydrogen) atoms. The van der Waals surface area contributed by atoms with Crippen molar-refractivity contribution in [1.82, 2.24) is 9.97 Å². The number of aromatic nitrogens is 2. The van der Waals surface area contributed by atoms with Gasteiger partial charge in [-0.25, -0.2) is 9.97 Å². The van der Waals surface area contributed by atoms with Crippen LogP contribution in [0.25, 0.3) is 89.6 Å². The molecule has 366 valence electrons. The van der Waals surface area contributed by atoms with E-state index in [9.17, 15) is 0 Å². The van der Waals surface area contributed by atoms with Crippen LogP contribution in [-0.2, 0) is 5.41 Å². The zero-order chi connectivity index (χ0) is 51.5. The number of para-hydroxylation sites is 6. The standard InChI is InChI=1S/C71H50N4O2/c1-71(2)63-45-52(47-33-36-57(37-34-47)74(55-23-5-3-6-24-55)58-27-15-19-50(43-58)48-17-13-21-53(41-48)69-72-65-29-9-11-31-67(65)76-69)35-39-61(63)62-40-38-60(46-64(62)71)75(56-25-7-4-8-26-56)59-28-16-20-51(44-59)49-18-14-22-54(42-49)70-73-66-30-10-12-32-68(66)77-70/h3-46H,1-2H3. The molecule has 0 atom stereocenters. The monoisotopic (exact) mass is 990 g/mol. The minimum absolute atomic E-state index is 0.261. The minimum atomic E-state index is -0.261. The van der Waals surface area contributed by atoms with Crippen LogP contribution in [0.1, 0.15) is 25.0 Å². The Labute approximate surface area is 447 Å². The number of hydrogen-bond acceptors (Lipinski definition) is 6. The first-order valence-corrected chi connectivity index (χ1v) is 26.1. The zero-order valence-electron chi connectivity index (χ0n) is 42.5. The maximum atomic E-state index is 6.17. The van der Waals surface area contributed by atoms with Crippen LogP contribution in [0.5, 0.6) is 0 Å². The second kappa shape index (κ2) is 18.7. The fourth-order valence-corrected chi connectivity index (χ4v) is 11.2. The number of anilines is 6. The molecular formula is C71H50N4O2. The van der Waals surface area contributed by atoms with E-state index < -0.39 is 0 Å². The van der Waals surface area contributed by atoms with E-state index >= 15 is 0 Å². The van der Waals surface area contributed by atoms with Crippen LogP contribution in [0.2, 0.25) is 0 Å². The van der Waals surface area contributed by atoms with E-state index in [4.69, 9.17) is 18.8 Å². The van der Waals surface area contributed by atoms with E-state index in [-0.39, 0.29) is 5.41 Å². The van der Waals surface area contributed by atoms with E-state index in [0.29, 0.717) is 11.8 Å². The van der Waals surface area contributed by atoms with E-state index in [1.165, 1.54) is 27.8 Å². The van der Waals surface area contributed by atoms with Gasteiger partial charge in [0, 0.05) is 50.7 Å². The highest BCUT2D eigenvalue weighted by Crippen LogP contribution is 2.52. The Balaban J connectivity index is 0.761. The molecule has 6 heteroatoms. The molecule has 2 aromatic heterocycles. The van der Waals surface area contributed by atoms with Crippen molar-refractivity contribution in [2.24, 2.45) is 0 Å². The van der Waals surface area contributed by atoms with E-state index in [2.05, 4.69) is 242 Å². The molecule has 14 rings (SSSR count). The smallest absolute Gasteiger partial charge is 0.227 e. The summed E-state index contributed by atoms with van der Waals surface area (Å²) in [5, 5.41) is 0. The molecule has 0 bridgehead atoms. The topological polar surface area (TPSA) is 58.5 Å². The summed E-state index contributed by atoms with van der Waals surface area (Å²) in [6.45, 7) is 4.73. The molecule has 6 nitrogen and oxygen atoms in total. The van der Waals surface area contributed by atoms with Gasteiger partial charge >= 0.3 is 0 Å². The normalized spacial score (nSPS) is 12.4. The van der Waals surface area contributed by atoms with Crippen LogP contribution in [0.4, 0.5) is 34.1 Å². The first-order chi connectivity index (χ1) is 37.9. The first-order valence-electron chi connectivity index (χ1n) is 26.1. The Morgan fingerprint density at radius 3 is 1.18 bits per heavy atom. The van der Waals surface area contributed by atoms with E-state index in [1.54, 1.807) is 0 Å². The fraction of sp³-hybridized carbons (Fsp3) is 0.0423. The summed E-state index contributed by atoms with van der Waals surface area (Å²) in [4.78, 5) is 14.3. The highest BCUT2D eigenvalue weighted by atomic mass is 16.4. The highest BCUT2D eigenvalue weighted by molar-refractivity contribution is 5.89. The number of nitrogens with zero attached hydrogens (tertiary/aromatic N) is 4. The van der Waals surface area contributed by atoms with Gasteiger partial charge in [-0.15, -0.1) is 0 Å². The lowest BCUT2D eigenvalue weighted by molar-refractivity contribution is 0.619. The molecule has 0 N–H and O–H groups in total. The van der Waals surface area contributed by atoms with Crippen LogP contribution in [0.3, 0.4) is 0 Å².